The monoisotopic (exact) mass is 472 g/mol. The quantitative estimate of drug-likeness (QED) is 0.419. The highest BCUT2D eigenvalue weighted by Gasteiger charge is 2.84. The first-order valence-electron chi connectivity index (χ1n) is 8.33. The first-order valence-corrected chi connectivity index (χ1v) is 8.33. The molecular weight excluding hydrogens is 460 g/mol. The van der Waals surface area contributed by atoms with E-state index in [2.05, 4.69) is 92.4 Å². The van der Waals surface area contributed by atoms with Crippen LogP contribution < -0.4 is 0 Å². The van der Waals surface area contributed by atoms with E-state index in [0.29, 0.717) is 0 Å². The van der Waals surface area contributed by atoms with E-state index < -0.39 is 29.8 Å². The highest BCUT2D eigenvalue weighted by Crippen LogP contribution is 2.58. The van der Waals surface area contributed by atoms with Gasteiger partial charge in [0, 0.05) is 6.92 Å². The molecule has 1 heterocycles. The Hall–Kier alpha value is -3.72. The van der Waals surface area contributed by atoms with Crippen LogP contribution in [0.25, 0.3) is 0 Å². The lowest BCUT2D eigenvalue weighted by Crippen LogP contribution is -2.53. The molecule has 0 amide bonds. The van der Waals surface area contributed by atoms with Gasteiger partial charge in [-0.1, -0.05) is 11.8 Å². The zero-order valence-corrected chi connectivity index (χ0v) is 17.3. The number of hydrogen-bond acceptors (Lipinski definition) is 2. The minimum absolute atomic E-state index is 0.0365. The standard InChI is InChI=1S/C16H6.C7H6F8O2/c1-3-5-7-9-11-13-15-16-14-12-10-8-6-4-2;1-3(8,9)4(2)16-5(10,6(11,12)13)7(14,15)17-4/h1-2H3;1-2H3. The minimum Gasteiger partial charge on any atom is -0.293 e. The Morgan fingerprint density at radius 1 is 0.576 bits per heavy atom. The summed E-state index contributed by atoms with van der Waals surface area (Å²) in [5.74, 6) is 22.0. The van der Waals surface area contributed by atoms with Crippen LogP contribution in [0.3, 0.4) is 0 Å². The second kappa shape index (κ2) is 11.8. The maximum absolute atomic E-state index is 13.1. The molecule has 0 aromatic rings. The van der Waals surface area contributed by atoms with Crippen LogP contribution in [0.4, 0.5) is 35.1 Å². The molecule has 33 heavy (non-hydrogen) atoms. The van der Waals surface area contributed by atoms with Crippen molar-refractivity contribution >= 4 is 0 Å². The Labute approximate surface area is 185 Å². The van der Waals surface area contributed by atoms with Crippen molar-refractivity contribution in [1.29, 1.82) is 0 Å². The summed E-state index contributed by atoms with van der Waals surface area (Å²) in [5.41, 5.74) is 0. The Kier molecular flexibility index (Phi) is 10.4. The van der Waals surface area contributed by atoms with Crippen molar-refractivity contribution in [3.63, 3.8) is 0 Å². The van der Waals surface area contributed by atoms with Gasteiger partial charge in [0.15, 0.2) is 0 Å². The van der Waals surface area contributed by atoms with E-state index in [1.165, 1.54) is 0 Å². The molecule has 0 N–H and O–H groups in total. The van der Waals surface area contributed by atoms with Crippen molar-refractivity contribution in [2.45, 2.75) is 57.5 Å². The maximum Gasteiger partial charge on any atom is 0.458 e. The Morgan fingerprint density at radius 3 is 1.06 bits per heavy atom. The summed E-state index contributed by atoms with van der Waals surface area (Å²) < 4.78 is 107. The van der Waals surface area contributed by atoms with Crippen molar-refractivity contribution in [2.75, 3.05) is 0 Å². The molecule has 0 aromatic carbocycles. The first-order chi connectivity index (χ1) is 15.1. The van der Waals surface area contributed by atoms with Gasteiger partial charge in [-0.15, -0.1) is 0 Å². The molecule has 0 aliphatic carbocycles. The van der Waals surface area contributed by atoms with Crippen LogP contribution in [0.15, 0.2) is 0 Å². The van der Waals surface area contributed by atoms with Gasteiger partial charge in [-0.05, 0) is 91.8 Å². The van der Waals surface area contributed by atoms with Gasteiger partial charge in [0.2, 0.25) is 5.79 Å². The van der Waals surface area contributed by atoms with Gasteiger partial charge in [-0.3, -0.25) is 9.47 Å². The largest absolute Gasteiger partial charge is 0.458 e. The summed E-state index contributed by atoms with van der Waals surface area (Å²) >= 11 is 0. The van der Waals surface area contributed by atoms with Crippen LogP contribution >= 0.6 is 0 Å². The highest BCUT2D eigenvalue weighted by atomic mass is 19.4. The zero-order chi connectivity index (χ0) is 25.8. The third-order valence-corrected chi connectivity index (χ3v) is 3.13. The SMILES string of the molecule is CC#CC#CC#CC#CC#CC#CC#CC.CC(F)(F)C1(C)OC(F)(F)C(F)(C(F)(F)F)O1. The van der Waals surface area contributed by atoms with Crippen LogP contribution in [0.1, 0.15) is 27.7 Å². The molecule has 2 unspecified atom stereocenters. The molecule has 0 aromatic heterocycles. The smallest absolute Gasteiger partial charge is 0.293 e. The fourth-order valence-corrected chi connectivity index (χ4v) is 1.50. The zero-order valence-electron chi connectivity index (χ0n) is 17.3. The van der Waals surface area contributed by atoms with Crippen LogP contribution in [-0.4, -0.2) is 29.8 Å². The predicted octanol–water partition coefficient (Wildman–Crippen LogP) is 4.28. The van der Waals surface area contributed by atoms with E-state index in [0.717, 1.165) is 0 Å². The molecule has 1 fully saturated rings. The third kappa shape index (κ3) is 8.38. The Balaban J connectivity index is 0.000000622. The van der Waals surface area contributed by atoms with Crippen molar-refractivity contribution in [2.24, 2.45) is 0 Å². The molecule has 2 atom stereocenters. The predicted molar refractivity (Wildman–Crippen MR) is 102 cm³/mol. The van der Waals surface area contributed by atoms with Crippen molar-refractivity contribution in [3.8, 4) is 82.9 Å². The van der Waals surface area contributed by atoms with Crippen molar-refractivity contribution in [3.05, 3.63) is 0 Å². The summed E-state index contributed by atoms with van der Waals surface area (Å²) in [6, 6.07) is 0. The van der Waals surface area contributed by atoms with Crippen LogP contribution in [0.5, 0.6) is 0 Å². The number of ether oxygens (including phenoxy) is 2. The fourth-order valence-electron chi connectivity index (χ4n) is 1.50. The second-order valence-electron chi connectivity index (χ2n) is 5.65. The lowest BCUT2D eigenvalue weighted by atomic mass is 10.2. The summed E-state index contributed by atoms with van der Waals surface area (Å²) in [7, 11) is 0. The van der Waals surface area contributed by atoms with E-state index in [4.69, 9.17) is 0 Å². The minimum atomic E-state index is -6.22. The first kappa shape index (κ1) is 29.3. The number of halogens is 8. The lowest BCUT2D eigenvalue weighted by molar-refractivity contribution is -0.395. The molecule has 0 spiro atoms. The molecule has 0 bridgehead atoms. The fraction of sp³-hybridized carbons (Fsp3) is 0.391. The molecule has 1 saturated heterocycles. The van der Waals surface area contributed by atoms with Gasteiger partial charge in [0.05, 0.1) is 0 Å². The molecule has 10 heteroatoms. The summed E-state index contributed by atoms with van der Waals surface area (Å²) in [6.45, 7) is 3.47. The summed E-state index contributed by atoms with van der Waals surface area (Å²) in [5, 5.41) is 0. The molecule has 1 aliphatic heterocycles. The average molecular weight is 472 g/mol. The topological polar surface area (TPSA) is 18.5 Å². The molecular formula is C23H12F8O2. The third-order valence-electron chi connectivity index (χ3n) is 3.13. The van der Waals surface area contributed by atoms with E-state index in [1.807, 2.05) is 0 Å². The van der Waals surface area contributed by atoms with Gasteiger partial charge in [0.1, 0.15) is 0 Å². The van der Waals surface area contributed by atoms with Gasteiger partial charge < -0.3 is 0 Å². The molecule has 1 aliphatic rings. The highest BCUT2D eigenvalue weighted by molar-refractivity contribution is 5.45. The maximum atomic E-state index is 13.1. The summed E-state index contributed by atoms with van der Waals surface area (Å²) in [4.78, 5) is 0. The number of rotatable bonds is 1. The van der Waals surface area contributed by atoms with Crippen molar-refractivity contribution in [1.82, 2.24) is 0 Å². The van der Waals surface area contributed by atoms with Crippen LogP contribution in [0.2, 0.25) is 0 Å². The summed E-state index contributed by atoms with van der Waals surface area (Å²) in [6.07, 6.45) is -11.8. The molecule has 0 radical (unpaired) electrons. The lowest BCUT2D eigenvalue weighted by Gasteiger charge is -2.29. The van der Waals surface area contributed by atoms with Gasteiger partial charge in [-0.2, -0.15) is 26.3 Å². The van der Waals surface area contributed by atoms with Crippen LogP contribution in [0, 0.1) is 82.9 Å². The molecule has 2 nitrogen and oxygen atoms in total. The second-order valence-corrected chi connectivity index (χ2v) is 5.65. The van der Waals surface area contributed by atoms with E-state index in [1.54, 1.807) is 13.8 Å². The number of hydrogen-bond donors (Lipinski definition) is 0. The Bertz CT molecular complexity index is 1100. The van der Waals surface area contributed by atoms with Gasteiger partial charge in [-0.25, -0.2) is 8.78 Å². The van der Waals surface area contributed by atoms with Gasteiger partial charge >= 0.3 is 18.1 Å². The van der Waals surface area contributed by atoms with Crippen molar-refractivity contribution < 1.29 is 44.6 Å². The average Bonchev–Trinajstić information content (AvgIpc) is 2.88. The normalized spacial score (nSPS) is 21.7. The van der Waals surface area contributed by atoms with E-state index in [9.17, 15) is 35.1 Å². The Morgan fingerprint density at radius 2 is 0.879 bits per heavy atom. The van der Waals surface area contributed by atoms with E-state index in [-0.39, 0.29) is 13.8 Å². The molecule has 1 rings (SSSR count). The van der Waals surface area contributed by atoms with E-state index >= 15 is 0 Å². The molecule has 172 valence electrons. The number of alkyl halides is 8. The van der Waals surface area contributed by atoms with Crippen LogP contribution in [-0.2, 0) is 9.47 Å². The van der Waals surface area contributed by atoms with Gasteiger partial charge in [0.25, 0.3) is 5.92 Å². The molecule has 0 saturated carbocycles.